The van der Waals surface area contributed by atoms with Crippen LogP contribution in [0.15, 0.2) is 54.7 Å². The zero-order valence-electron chi connectivity index (χ0n) is 15.2. The summed E-state index contributed by atoms with van der Waals surface area (Å²) in [5.74, 6) is -0.820. The molecule has 1 atom stereocenters. The van der Waals surface area contributed by atoms with E-state index in [0.29, 0.717) is 5.56 Å². The lowest BCUT2D eigenvalue weighted by atomic mass is 9.92. The Labute approximate surface area is 156 Å². The Bertz CT molecular complexity index is 1130. The van der Waals surface area contributed by atoms with Crippen molar-refractivity contribution in [3.8, 4) is 0 Å². The van der Waals surface area contributed by atoms with Crippen LogP contribution in [0.5, 0.6) is 0 Å². The van der Waals surface area contributed by atoms with Crippen LogP contribution in [-0.2, 0) is 11.3 Å². The van der Waals surface area contributed by atoms with Gasteiger partial charge in [0.2, 0.25) is 0 Å². The molecule has 0 bridgehead atoms. The van der Waals surface area contributed by atoms with Gasteiger partial charge in [0.1, 0.15) is 0 Å². The Morgan fingerprint density at radius 3 is 2.63 bits per heavy atom. The average Bonchev–Trinajstić information content (AvgIpc) is 3.06. The Balaban J connectivity index is 1.95. The van der Waals surface area contributed by atoms with Crippen molar-refractivity contribution in [1.29, 1.82) is 0 Å². The van der Waals surface area contributed by atoms with Gasteiger partial charge in [-0.25, -0.2) is 9.78 Å². The number of aromatic carboxylic acids is 1. The van der Waals surface area contributed by atoms with Gasteiger partial charge in [0.25, 0.3) is 0 Å². The quantitative estimate of drug-likeness (QED) is 0.540. The molecule has 0 aliphatic carbocycles. The minimum Gasteiger partial charge on any atom is -0.477 e. The number of ether oxygens (including phenoxy) is 1. The molecule has 2 N–H and O–H groups in total. The lowest BCUT2D eigenvalue weighted by molar-refractivity contribution is 0.0685. The van der Waals surface area contributed by atoms with E-state index in [9.17, 15) is 9.90 Å². The third kappa shape index (κ3) is 2.96. The average molecular weight is 360 g/mol. The van der Waals surface area contributed by atoms with Crippen molar-refractivity contribution >= 4 is 27.8 Å². The Kier molecular flexibility index (Phi) is 4.38. The Hall–Kier alpha value is -3.18. The molecule has 0 aliphatic heterocycles. The van der Waals surface area contributed by atoms with Crippen molar-refractivity contribution in [2.24, 2.45) is 0 Å². The molecule has 2 aromatic heterocycles. The van der Waals surface area contributed by atoms with E-state index >= 15 is 0 Å². The van der Waals surface area contributed by atoms with Crippen molar-refractivity contribution in [2.75, 3.05) is 7.11 Å². The van der Waals surface area contributed by atoms with E-state index in [4.69, 9.17) is 4.74 Å². The number of H-pyrrole nitrogens is 1. The number of hydrogen-bond acceptors (Lipinski definition) is 3. The van der Waals surface area contributed by atoms with E-state index in [1.54, 1.807) is 13.3 Å². The maximum absolute atomic E-state index is 11.6. The number of carbonyl (C=O) groups is 1. The number of aromatic amines is 1. The summed E-state index contributed by atoms with van der Waals surface area (Å²) in [6.07, 6.45) is 1.58. The van der Waals surface area contributed by atoms with Gasteiger partial charge in [-0.3, -0.25) is 0 Å². The van der Waals surface area contributed by atoms with Crippen LogP contribution in [0.3, 0.4) is 0 Å². The van der Waals surface area contributed by atoms with Gasteiger partial charge in [-0.2, -0.15) is 0 Å². The number of benzene rings is 2. The molecule has 4 aromatic rings. The van der Waals surface area contributed by atoms with E-state index in [0.717, 1.165) is 21.8 Å². The molecule has 0 spiro atoms. The normalized spacial score (nSPS) is 12.5. The molecule has 0 saturated carbocycles. The van der Waals surface area contributed by atoms with Crippen LogP contribution in [-0.4, -0.2) is 28.2 Å². The van der Waals surface area contributed by atoms with Crippen LogP contribution in [0.25, 0.3) is 21.8 Å². The second-order valence-corrected chi connectivity index (χ2v) is 6.67. The number of carboxylic acids is 1. The van der Waals surface area contributed by atoms with Crippen molar-refractivity contribution in [3.05, 3.63) is 77.1 Å². The highest BCUT2D eigenvalue weighted by atomic mass is 16.5. The molecule has 2 aromatic carbocycles. The molecule has 0 amide bonds. The summed E-state index contributed by atoms with van der Waals surface area (Å²) in [6, 6.07) is 16.6. The molecular weight excluding hydrogens is 340 g/mol. The van der Waals surface area contributed by atoms with Crippen molar-refractivity contribution in [2.45, 2.75) is 19.4 Å². The molecule has 5 nitrogen and oxygen atoms in total. The number of pyridine rings is 1. The molecular formula is C22H20N2O3. The molecule has 136 valence electrons. The molecule has 27 heavy (non-hydrogen) atoms. The first-order chi connectivity index (χ1) is 13.1. The number of methoxy groups -OCH3 is 1. The van der Waals surface area contributed by atoms with E-state index in [1.165, 1.54) is 11.1 Å². The minimum atomic E-state index is -1.05. The summed E-state index contributed by atoms with van der Waals surface area (Å²) in [6.45, 7) is 2.36. The Morgan fingerprint density at radius 1 is 1.15 bits per heavy atom. The van der Waals surface area contributed by atoms with Gasteiger partial charge in [0, 0.05) is 34.9 Å². The number of nitrogens with one attached hydrogen (secondary N) is 1. The molecule has 0 saturated heterocycles. The van der Waals surface area contributed by atoms with Crippen LogP contribution in [0.2, 0.25) is 0 Å². The van der Waals surface area contributed by atoms with Crippen LogP contribution in [0.1, 0.15) is 40.0 Å². The van der Waals surface area contributed by atoms with Crippen molar-refractivity contribution < 1.29 is 14.6 Å². The highest BCUT2D eigenvalue weighted by Gasteiger charge is 2.19. The van der Waals surface area contributed by atoms with E-state index < -0.39 is 5.97 Å². The molecule has 0 aliphatic rings. The highest BCUT2D eigenvalue weighted by Crippen LogP contribution is 2.33. The monoisotopic (exact) mass is 360 g/mol. The van der Waals surface area contributed by atoms with Crippen molar-refractivity contribution in [1.82, 2.24) is 9.97 Å². The summed E-state index contributed by atoms with van der Waals surface area (Å²) in [5.41, 5.74) is 4.81. The lowest BCUT2D eigenvalue weighted by Crippen LogP contribution is -2.07. The zero-order chi connectivity index (χ0) is 19.0. The third-order valence-electron chi connectivity index (χ3n) is 5.05. The van der Waals surface area contributed by atoms with Crippen molar-refractivity contribution in [3.63, 3.8) is 0 Å². The van der Waals surface area contributed by atoms with Gasteiger partial charge in [-0.15, -0.1) is 0 Å². The summed E-state index contributed by atoms with van der Waals surface area (Å²) < 4.78 is 5.27. The highest BCUT2D eigenvalue weighted by molar-refractivity contribution is 6.11. The summed E-state index contributed by atoms with van der Waals surface area (Å²) in [5, 5.41) is 11.4. The number of aromatic nitrogens is 2. The molecule has 5 heteroatoms. The van der Waals surface area contributed by atoms with E-state index in [-0.39, 0.29) is 18.2 Å². The maximum atomic E-state index is 11.6. The summed E-state index contributed by atoms with van der Waals surface area (Å²) in [4.78, 5) is 19.1. The fraction of sp³-hybridized carbons (Fsp3) is 0.182. The van der Waals surface area contributed by atoms with Crippen LogP contribution in [0, 0.1) is 0 Å². The minimum absolute atomic E-state index is 0.0340. The lowest BCUT2D eigenvalue weighted by Gasteiger charge is -2.13. The number of hydrogen-bond donors (Lipinski definition) is 2. The molecule has 0 radical (unpaired) electrons. The number of carboxylic acid groups (broad SMARTS) is 1. The predicted octanol–water partition coefficient (Wildman–Crippen LogP) is 4.71. The smallest absolute Gasteiger partial charge is 0.354 e. The standard InChI is InChI=1S/C22H20N2O3/c1-13(14-6-4-3-5-7-14)15-8-9-18-16(10-15)20-17(12-27-2)21(22(25)26)23-11-19(20)24-18/h3-11,13,24H,12H2,1-2H3,(H,25,26). The largest absolute Gasteiger partial charge is 0.477 e. The third-order valence-corrected chi connectivity index (χ3v) is 5.05. The molecule has 4 rings (SSSR count). The SMILES string of the molecule is COCc1c(C(=O)O)ncc2[nH]c3ccc(C(C)c4ccccc4)cc3c12. The first kappa shape index (κ1) is 17.2. The van der Waals surface area contributed by atoms with E-state index in [2.05, 4.69) is 41.2 Å². The molecule has 2 heterocycles. The summed E-state index contributed by atoms with van der Waals surface area (Å²) in [7, 11) is 1.56. The van der Waals surface area contributed by atoms with Gasteiger partial charge >= 0.3 is 5.97 Å². The van der Waals surface area contributed by atoms with Gasteiger partial charge in [0.15, 0.2) is 5.69 Å². The Morgan fingerprint density at radius 2 is 1.93 bits per heavy atom. The second kappa shape index (κ2) is 6.85. The second-order valence-electron chi connectivity index (χ2n) is 6.67. The van der Waals surface area contributed by atoms with Gasteiger partial charge < -0.3 is 14.8 Å². The number of fused-ring (bicyclic) bond motifs is 3. The number of nitrogens with zero attached hydrogens (tertiary/aromatic N) is 1. The maximum Gasteiger partial charge on any atom is 0.354 e. The van der Waals surface area contributed by atoms with E-state index in [1.807, 2.05) is 24.3 Å². The van der Waals surface area contributed by atoms with Crippen LogP contribution < -0.4 is 0 Å². The first-order valence-electron chi connectivity index (χ1n) is 8.80. The fourth-order valence-electron chi connectivity index (χ4n) is 3.65. The molecule has 1 unspecified atom stereocenters. The summed E-state index contributed by atoms with van der Waals surface area (Å²) >= 11 is 0. The zero-order valence-corrected chi connectivity index (χ0v) is 15.2. The predicted molar refractivity (Wildman–Crippen MR) is 105 cm³/mol. The topological polar surface area (TPSA) is 75.2 Å². The van der Waals surface area contributed by atoms with Crippen LogP contribution in [0.4, 0.5) is 0 Å². The van der Waals surface area contributed by atoms with Gasteiger partial charge in [-0.1, -0.05) is 43.3 Å². The van der Waals surface area contributed by atoms with Gasteiger partial charge in [0.05, 0.1) is 18.3 Å². The van der Waals surface area contributed by atoms with Gasteiger partial charge in [-0.05, 0) is 23.3 Å². The van der Waals surface area contributed by atoms with Crippen LogP contribution >= 0.6 is 0 Å². The first-order valence-corrected chi connectivity index (χ1v) is 8.80. The number of rotatable bonds is 5. The molecule has 0 fully saturated rings. The fourth-order valence-corrected chi connectivity index (χ4v) is 3.65.